The fourth-order valence-electron chi connectivity index (χ4n) is 5.73. The number of unbranched alkanes of at least 4 members (excludes halogenated alkanes) is 22. The van der Waals surface area contributed by atoms with E-state index >= 15 is 0 Å². The molecule has 40 heavy (non-hydrogen) atoms. The Bertz CT molecular complexity index is 454. The van der Waals surface area contributed by atoms with Crippen LogP contribution in [0.1, 0.15) is 188 Å². The first kappa shape index (κ1) is 42.5. The highest BCUT2D eigenvalue weighted by Crippen LogP contribution is 2.25. The zero-order valence-corrected chi connectivity index (χ0v) is 29.7. The zero-order chi connectivity index (χ0) is 28.9. The summed E-state index contributed by atoms with van der Waals surface area (Å²) in [7, 11) is 3.65. The molecule has 0 unspecified atom stereocenters. The number of halogens is 1. The Hall–Kier alpha value is 0.320. The summed E-state index contributed by atoms with van der Waals surface area (Å²) in [6, 6.07) is 0. The first-order valence-electron chi connectivity index (χ1n) is 17.7. The van der Waals surface area contributed by atoms with Crippen molar-refractivity contribution in [1.29, 1.82) is 0 Å². The highest BCUT2D eigenvalue weighted by Gasteiger charge is 2.38. The van der Waals surface area contributed by atoms with Crippen LogP contribution in [0.4, 0.5) is 0 Å². The van der Waals surface area contributed by atoms with Crippen LogP contribution in [-0.4, -0.2) is 49.5 Å². The molecule has 0 aliphatic carbocycles. The molecule has 0 saturated heterocycles. The van der Waals surface area contributed by atoms with E-state index in [0.717, 1.165) is 38.9 Å². The van der Waals surface area contributed by atoms with Gasteiger partial charge in [0.15, 0.2) is 6.54 Å². The van der Waals surface area contributed by atoms with E-state index in [1.807, 2.05) is 14.1 Å². The van der Waals surface area contributed by atoms with Gasteiger partial charge in [-0.15, -0.1) is 0 Å². The first-order chi connectivity index (χ1) is 18.9. The largest absolute Gasteiger partial charge is 1.00 e. The molecule has 0 aromatic carbocycles. The normalized spacial score (nSPS) is 12.2. The number of rotatable bonds is 32. The van der Waals surface area contributed by atoms with Crippen molar-refractivity contribution in [2.24, 2.45) is 0 Å². The Kier molecular flexibility index (Phi) is 32.7. The average Bonchev–Trinajstić information content (AvgIpc) is 2.89. The maximum Gasteiger partial charge on any atom is 0.221 e. The third-order valence-corrected chi connectivity index (χ3v) is 7.98. The lowest BCUT2D eigenvalue weighted by molar-refractivity contribution is -1.08. The number of hydrogen-bond acceptors (Lipinski definition) is 3. The predicted molar refractivity (Wildman–Crippen MR) is 170 cm³/mol. The number of likely N-dealkylation sites (N-methyl/N-ethyl adjacent to an activating group) is 1. The summed E-state index contributed by atoms with van der Waals surface area (Å²) in [5.74, 6) is -0.664. The molecule has 0 spiro atoms. The Morgan fingerprint density at radius 3 is 0.975 bits per heavy atom. The summed E-state index contributed by atoms with van der Waals surface area (Å²) in [4.78, 5) is 0. The van der Waals surface area contributed by atoms with Crippen molar-refractivity contribution in [3.05, 3.63) is 0 Å². The van der Waals surface area contributed by atoms with Gasteiger partial charge in [-0.2, -0.15) is 4.65 Å². The van der Waals surface area contributed by atoms with Gasteiger partial charge in [0.25, 0.3) is 0 Å². The molecule has 0 aliphatic heterocycles. The molecule has 0 aromatic rings. The molecule has 5 heteroatoms. The van der Waals surface area contributed by atoms with Gasteiger partial charge in [0, 0.05) is 6.42 Å². The standard InChI is InChI=1S/C35H74NO3.BrH/c1-6-9-11-13-15-17-19-21-23-25-27-29-32-38-35(31-8-3,34-36(4,5)37)39-33-30-28-26-24-22-20-18-16-14-12-10-7-2;/h37H,6-34H2,1-5H3;1H/q+1;/p-1. The molecule has 4 nitrogen and oxygen atoms in total. The van der Waals surface area contributed by atoms with Crippen LogP contribution >= 0.6 is 0 Å². The molecule has 0 amide bonds. The molecule has 0 heterocycles. The number of hydrogen-bond donors (Lipinski definition) is 1. The molecule has 244 valence electrons. The quantitative estimate of drug-likeness (QED) is 0.0349. The Morgan fingerprint density at radius 1 is 0.450 bits per heavy atom. The maximum atomic E-state index is 10.6. The monoisotopic (exact) mass is 635 g/mol. The van der Waals surface area contributed by atoms with E-state index in [1.54, 1.807) is 0 Å². The molecular formula is C35H74BrNO3. The molecule has 1 N–H and O–H groups in total. The average molecular weight is 637 g/mol. The van der Waals surface area contributed by atoms with Gasteiger partial charge in [-0.25, -0.2) is 5.21 Å². The summed E-state index contributed by atoms with van der Waals surface area (Å²) in [5.41, 5.74) is 0. The van der Waals surface area contributed by atoms with Gasteiger partial charge >= 0.3 is 0 Å². The van der Waals surface area contributed by atoms with Crippen LogP contribution in [0, 0.1) is 0 Å². The lowest BCUT2D eigenvalue weighted by atomic mass is 10.1. The molecule has 0 rings (SSSR count). The van der Waals surface area contributed by atoms with E-state index < -0.39 is 5.79 Å². The van der Waals surface area contributed by atoms with Crippen LogP contribution in [0.5, 0.6) is 0 Å². The van der Waals surface area contributed by atoms with Crippen molar-refractivity contribution < 1.29 is 36.3 Å². The van der Waals surface area contributed by atoms with E-state index in [-0.39, 0.29) is 21.6 Å². The van der Waals surface area contributed by atoms with Gasteiger partial charge in [-0.1, -0.05) is 168 Å². The Morgan fingerprint density at radius 2 is 0.725 bits per heavy atom. The van der Waals surface area contributed by atoms with Gasteiger partial charge < -0.3 is 26.5 Å². The van der Waals surface area contributed by atoms with E-state index in [2.05, 4.69) is 20.8 Å². The van der Waals surface area contributed by atoms with Crippen molar-refractivity contribution in [3.8, 4) is 0 Å². The van der Waals surface area contributed by atoms with Crippen LogP contribution < -0.4 is 17.0 Å². The van der Waals surface area contributed by atoms with Crippen molar-refractivity contribution >= 4 is 0 Å². The lowest BCUT2D eigenvalue weighted by Crippen LogP contribution is -3.00. The Balaban J connectivity index is 0. The van der Waals surface area contributed by atoms with E-state index in [9.17, 15) is 5.21 Å². The fraction of sp³-hybridized carbons (Fsp3) is 1.00. The van der Waals surface area contributed by atoms with Gasteiger partial charge in [0.2, 0.25) is 5.79 Å². The van der Waals surface area contributed by atoms with Crippen LogP contribution in [0.2, 0.25) is 0 Å². The third-order valence-electron chi connectivity index (χ3n) is 7.98. The summed E-state index contributed by atoms with van der Waals surface area (Å²) >= 11 is 0. The van der Waals surface area contributed by atoms with Crippen LogP contribution in [0.15, 0.2) is 0 Å². The van der Waals surface area contributed by atoms with Crippen molar-refractivity contribution in [3.63, 3.8) is 0 Å². The third kappa shape index (κ3) is 29.8. The smallest absolute Gasteiger partial charge is 0.221 e. The van der Waals surface area contributed by atoms with Crippen molar-refractivity contribution in [2.75, 3.05) is 33.9 Å². The van der Waals surface area contributed by atoms with Gasteiger partial charge in [0.05, 0.1) is 27.3 Å². The van der Waals surface area contributed by atoms with Gasteiger partial charge in [0.1, 0.15) is 0 Å². The number of nitrogens with zero attached hydrogens (tertiary/aromatic N) is 1. The van der Waals surface area contributed by atoms with Gasteiger partial charge in [-0.05, 0) is 12.8 Å². The van der Waals surface area contributed by atoms with Gasteiger partial charge in [-0.3, -0.25) is 0 Å². The molecule has 0 bridgehead atoms. The molecule has 0 atom stereocenters. The number of ether oxygens (including phenoxy) is 2. The molecular weight excluding hydrogens is 562 g/mol. The summed E-state index contributed by atoms with van der Waals surface area (Å²) in [6.45, 7) is 8.71. The van der Waals surface area contributed by atoms with E-state index in [4.69, 9.17) is 9.47 Å². The van der Waals surface area contributed by atoms with E-state index in [1.165, 1.54) is 141 Å². The second-order valence-corrected chi connectivity index (χ2v) is 12.9. The van der Waals surface area contributed by atoms with Crippen LogP contribution in [0.3, 0.4) is 0 Å². The minimum atomic E-state index is -0.664. The first-order valence-corrected chi connectivity index (χ1v) is 17.7. The van der Waals surface area contributed by atoms with E-state index in [0.29, 0.717) is 6.54 Å². The van der Waals surface area contributed by atoms with Crippen LogP contribution in [0.25, 0.3) is 0 Å². The highest BCUT2D eigenvalue weighted by atomic mass is 79.9. The highest BCUT2D eigenvalue weighted by molar-refractivity contribution is 4.70. The fourth-order valence-corrected chi connectivity index (χ4v) is 5.73. The molecule has 0 fully saturated rings. The lowest BCUT2D eigenvalue weighted by Gasteiger charge is -2.37. The zero-order valence-electron chi connectivity index (χ0n) is 28.1. The molecule has 0 radical (unpaired) electrons. The van der Waals surface area contributed by atoms with Crippen molar-refractivity contribution in [2.45, 2.75) is 193 Å². The minimum Gasteiger partial charge on any atom is -1.00 e. The molecule has 0 aromatic heterocycles. The Labute approximate surface area is 263 Å². The second kappa shape index (κ2) is 30.8. The summed E-state index contributed by atoms with van der Waals surface area (Å²) < 4.78 is 12.8. The topological polar surface area (TPSA) is 38.7 Å². The maximum absolute atomic E-state index is 10.6. The number of quaternary nitrogens is 1. The predicted octanol–water partition coefficient (Wildman–Crippen LogP) is 8.39. The summed E-state index contributed by atoms with van der Waals surface area (Å²) in [5, 5.41) is 10.6. The number of hydroxylamine groups is 3. The second-order valence-electron chi connectivity index (χ2n) is 12.9. The molecule has 0 saturated carbocycles. The molecule has 0 aliphatic rings. The van der Waals surface area contributed by atoms with Crippen LogP contribution in [-0.2, 0) is 9.47 Å². The minimum absolute atomic E-state index is 0. The van der Waals surface area contributed by atoms with Crippen molar-refractivity contribution in [1.82, 2.24) is 0 Å². The summed E-state index contributed by atoms with van der Waals surface area (Å²) in [6.07, 6.45) is 34.2. The SMILES string of the molecule is CCCCCCCCCCCCCCOC(CCC)(C[N+](C)(C)O)OCCCCCCCCCCCCCC.[Br-].